The molecule has 0 aliphatic rings. The Kier molecular flexibility index (Phi) is 4.91. The van der Waals surface area contributed by atoms with Crippen molar-refractivity contribution >= 4 is 56.1 Å². The maximum Gasteiger partial charge on any atom is 0.266 e. The van der Waals surface area contributed by atoms with E-state index in [0.717, 1.165) is 21.3 Å². The number of anilines is 1. The van der Waals surface area contributed by atoms with Gasteiger partial charge in [0.25, 0.3) is 5.91 Å². The monoisotopic (exact) mass is 368 g/mol. The first-order valence-electron chi connectivity index (χ1n) is 6.00. The number of thiocarbonyl (C=S) groups is 1. The van der Waals surface area contributed by atoms with E-state index in [4.69, 9.17) is 18.0 Å². The number of thiophene rings is 1. The molecule has 0 saturated carbocycles. The lowest BCUT2D eigenvalue weighted by atomic mass is 10.1. The van der Waals surface area contributed by atoms with Gasteiger partial charge in [0.15, 0.2) is 0 Å². The third kappa shape index (κ3) is 3.26. The van der Waals surface area contributed by atoms with E-state index in [1.165, 1.54) is 11.3 Å². The normalized spacial score (nSPS) is 10.3. The molecule has 2 rings (SSSR count). The number of nitrogens with one attached hydrogen (secondary N) is 1. The van der Waals surface area contributed by atoms with Crippen LogP contribution in [-0.4, -0.2) is 10.9 Å². The minimum absolute atomic E-state index is 0.128. The number of benzene rings is 1. The van der Waals surface area contributed by atoms with Gasteiger partial charge in [0.05, 0.1) is 10.6 Å². The van der Waals surface area contributed by atoms with E-state index in [1.54, 1.807) is 12.1 Å². The number of nitrogens with two attached hydrogens (primary N) is 1. The van der Waals surface area contributed by atoms with Crippen LogP contribution in [0.1, 0.15) is 27.7 Å². The number of hydrogen-bond donors (Lipinski definition) is 2. The second-order valence-corrected chi connectivity index (χ2v) is 6.41. The molecule has 0 aliphatic carbocycles. The van der Waals surface area contributed by atoms with Gasteiger partial charge in [-0.15, -0.1) is 11.3 Å². The first-order valence-corrected chi connectivity index (χ1v) is 8.08. The quantitative estimate of drug-likeness (QED) is 0.803. The predicted molar refractivity (Wildman–Crippen MR) is 91.7 cm³/mol. The third-order valence-electron chi connectivity index (χ3n) is 2.83. The summed E-state index contributed by atoms with van der Waals surface area (Å²) in [5.74, 6) is -0.128. The van der Waals surface area contributed by atoms with Crippen LogP contribution in [0.5, 0.6) is 0 Å². The molecule has 0 radical (unpaired) electrons. The highest BCUT2D eigenvalue weighted by Crippen LogP contribution is 2.24. The molecule has 0 aliphatic heterocycles. The first-order chi connectivity index (χ1) is 9.52. The van der Waals surface area contributed by atoms with Crippen molar-refractivity contribution < 1.29 is 4.79 Å². The van der Waals surface area contributed by atoms with Crippen molar-refractivity contribution in [2.24, 2.45) is 5.73 Å². The molecule has 0 spiro atoms. The van der Waals surface area contributed by atoms with Crippen molar-refractivity contribution in [2.45, 2.75) is 13.3 Å². The minimum atomic E-state index is -0.128. The summed E-state index contributed by atoms with van der Waals surface area (Å²) in [7, 11) is 0. The number of halogens is 1. The van der Waals surface area contributed by atoms with Crippen LogP contribution < -0.4 is 11.1 Å². The van der Waals surface area contributed by atoms with Crippen LogP contribution in [0.4, 0.5) is 5.69 Å². The summed E-state index contributed by atoms with van der Waals surface area (Å²) >= 11 is 9.82. The Labute approximate surface area is 135 Å². The SMILES string of the molecule is CCc1ccsc1C(=O)Nc1ccc(Br)cc1C(N)=S. The van der Waals surface area contributed by atoms with Gasteiger partial charge in [-0.2, -0.15) is 0 Å². The lowest BCUT2D eigenvalue weighted by molar-refractivity contribution is 0.103. The molecule has 104 valence electrons. The average molecular weight is 369 g/mol. The average Bonchev–Trinajstić information content (AvgIpc) is 2.89. The standard InChI is InChI=1S/C14H13BrN2OS2/c1-2-8-5-6-20-12(8)14(18)17-11-4-3-9(15)7-10(11)13(16)19/h3-7H,2H2,1H3,(H2,16,19)(H,17,18). The number of hydrogen-bond acceptors (Lipinski definition) is 3. The molecule has 0 bridgehead atoms. The Balaban J connectivity index is 2.31. The maximum absolute atomic E-state index is 12.3. The van der Waals surface area contributed by atoms with Crippen LogP contribution in [0, 0.1) is 0 Å². The lowest BCUT2D eigenvalue weighted by Crippen LogP contribution is -2.17. The van der Waals surface area contributed by atoms with Crippen molar-refractivity contribution in [1.29, 1.82) is 0 Å². The van der Waals surface area contributed by atoms with Crippen LogP contribution in [-0.2, 0) is 6.42 Å². The van der Waals surface area contributed by atoms with Crippen LogP contribution in [0.3, 0.4) is 0 Å². The molecule has 0 atom stereocenters. The number of amides is 1. The van der Waals surface area contributed by atoms with Gasteiger partial charge in [0.1, 0.15) is 4.99 Å². The van der Waals surface area contributed by atoms with Gasteiger partial charge in [-0.25, -0.2) is 0 Å². The highest BCUT2D eigenvalue weighted by atomic mass is 79.9. The van der Waals surface area contributed by atoms with E-state index < -0.39 is 0 Å². The van der Waals surface area contributed by atoms with Crippen molar-refractivity contribution in [3.8, 4) is 0 Å². The van der Waals surface area contributed by atoms with Gasteiger partial charge in [-0.1, -0.05) is 35.1 Å². The molecule has 0 saturated heterocycles. The fraction of sp³-hybridized carbons (Fsp3) is 0.143. The molecule has 1 aromatic heterocycles. The van der Waals surface area contributed by atoms with Crippen LogP contribution >= 0.6 is 39.5 Å². The Hall–Kier alpha value is -1.24. The molecule has 3 nitrogen and oxygen atoms in total. The summed E-state index contributed by atoms with van der Waals surface area (Å²) in [5.41, 5.74) is 8.02. The van der Waals surface area contributed by atoms with Crippen molar-refractivity contribution in [2.75, 3.05) is 5.32 Å². The van der Waals surface area contributed by atoms with Crippen molar-refractivity contribution in [3.05, 3.63) is 50.1 Å². The van der Waals surface area contributed by atoms with Crippen molar-refractivity contribution in [1.82, 2.24) is 0 Å². The molecule has 1 aromatic carbocycles. The van der Waals surface area contributed by atoms with Crippen LogP contribution in [0.15, 0.2) is 34.1 Å². The summed E-state index contributed by atoms with van der Waals surface area (Å²) in [6, 6.07) is 7.39. The number of aryl methyl sites for hydroxylation is 1. The lowest BCUT2D eigenvalue weighted by Gasteiger charge is -2.10. The van der Waals surface area contributed by atoms with Gasteiger partial charge in [-0.3, -0.25) is 4.79 Å². The third-order valence-corrected chi connectivity index (χ3v) is 4.50. The predicted octanol–water partition coefficient (Wildman–Crippen LogP) is 3.96. The fourth-order valence-electron chi connectivity index (χ4n) is 1.82. The van der Waals surface area contributed by atoms with Gasteiger partial charge >= 0.3 is 0 Å². The van der Waals surface area contributed by atoms with E-state index in [2.05, 4.69) is 21.2 Å². The van der Waals surface area contributed by atoms with Gasteiger partial charge < -0.3 is 11.1 Å². The van der Waals surface area contributed by atoms with E-state index in [1.807, 2.05) is 24.4 Å². The maximum atomic E-state index is 12.3. The van der Waals surface area contributed by atoms with E-state index in [0.29, 0.717) is 11.3 Å². The molecule has 0 unspecified atom stereocenters. The molecular formula is C14H13BrN2OS2. The largest absolute Gasteiger partial charge is 0.389 e. The highest BCUT2D eigenvalue weighted by molar-refractivity contribution is 9.10. The van der Waals surface area contributed by atoms with Crippen molar-refractivity contribution in [3.63, 3.8) is 0 Å². The molecule has 6 heteroatoms. The molecule has 0 fully saturated rings. The Morgan fingerprint density at radius 3 is 2.85 bits per heavy atom. The molecular weight excluding hydrogens is 356 g/mol. The summed E-state index contributed by atoms with van der Waals surface area (Å²) in [6.45, 7) is 2.03. The van der Waals surface area contributed by atoms with Gasteiger partial charge in [0.2, 0.25) is 0 Å². The highest BCUT2D eigenvalue weighted by Gasteiger charge is 2.14. The smallest absolute Gasteiger partial charge is 0.266 e. The zero-order chi connectivity index (χ0) is 14.7. The Morgan fingerprint density at radius 1 is 1.45 bits per heavy atom. The van der Waals surface area contributed by atoms with E-state index >= 15 is 0 Å². The topological polar surface area (TPSA) is 55.1 Å². The van der Waals surface area contributed by atoms with Gasteiger partial charge in [-0.05, 0) is 41.6 Å². The second-order valence-electron chi connectivity index (χ2n) is 4.14. The number of carbonyl (C=O) groups excluding carboxylic acids is 1. The molecule has 1 heterocycles. The first kappa shape index (κ1) is 15.2. The Bertz CT molecular complexity index is 667. The zero-order valence-electron chi connectivity index (χ0n) is 10.8. The summed E-state index contributed by atoms with van der Waals surface area (Å²) in [4.78, 5) is 13.3. The summed E-state index contributed by atoms with van der Waals surface area (Å²) < 4.78 is 0.865. The molecule has 2 aromatic rings. The second kappa shape index (κ2) is 6.47. The van der Waals surface area contributed by atoms with Crippen LogP contribution in [0.25, 0.3) is 0 Å². The number of rotatable bonds is 4. The molecule has 20 heavy (non-hydrogen) atoms. The molecule has 1 amide bonds. The number of carbonyl (C=O) groups is 1. The fourth-order valence-corrected chi connectivity index (χ4v) is 3.24. The molecule has 3 N–H and O–H groups in total. The summed E-state index contributed by atoms with van der Waals surface area (Å²) in [5, 5.41) is 4.80. The zero-order valence-corrected chi connectivity index (χ0v) is 14.0. The summed E-state index contributed by atoms with van der Waals surface area (Å²) in [6.07, 6.45) is 0.828. The van der Waals surface area contributed by atoms with E-state index in [9.17, 15) is 4.79 Å². The van der Waals surface area contributed by atoms with Crippen LogP contribution in [0.2, 0.25) is 0 Å². The Morgan fingerprint density at radius 2 is 2.20 bits per heavy atom. The van der Waals surface area contributed by atoms with Gasteiger partial charge in [0, 0.05) is 10.0 Å². The van der Waals surface area contributed by atoms with E-state index in [-0.39, 0.29) is 10.9 Å². The minimum Gasteiger partial charge on any atom is -0.389 e.